The lowest BCUT2D eigenvalue weighted by Gasteiger charge is -2.37. The molecule has 5 nitrogen and oxygen atoms in total. The van der Waals surface area contributed by atoms with Gasteiger partial charge in [0.25, 0.3) is 0 Å². The molecule has 0 heterocycles. The quantitative estimate of drug-likeness (QED) is 0.411. The van der Waals surface area contributed by atoms with E-state index in [4.69, 9.17) is 5.53 Å². The van der Waals surface area contributed by atoms with Gasteiger partial charge in [-0.05, 0) is 32.2 Å². The Hall–Kier alpha value is -1.22. The van der Waals surface area contributed by atoms with Gasteiger partial charge in [0.1, 0.15) is 6.54 Å². The summed E-state index contributed by atoms with van der Waals surface area (Å²) < 4.78 is 0. The average Bonchev–Trinajstić information content (AvgIpc) is 2.27. The van der Waals surface area contributed by atoms with E-state index < -0.39 is 0 Å². The van der Waals surface area contributed by atoms with Crippen molar-refractivity contribution in [3.05, 3.63) is 10.4 Å². The van der Waals surface area contributed by atoms with Crippen LogP contribution in [0.2, 0.25) is 0 Å². The maximum absolute atomic E-state index is 11.9. The molecule has 0 aliphatic heterocycles. The van der Waals surface area contributed by atoms with Crippen LogP contribution in [0.1, 0.15) is 46.0 Å². The summed E-state index contributed by atoms with van der Waals surface area (Å²) in [5.74, 6) is -0.0419. The number of rotatable bonds is 4. The number of nitrogens with zero attached hydrogens (tertiary/aromatic N) is 4. The highest BCUT2D eigenvalue weighted by Gasteiger charge is 2.26. The molecular formula is C11H20N4O. The number of azide groups is 1. The normalized spacial score (nSPS) is 16.9. The molecule has 0 saturated heterocycles. The smallest absolute Gasteiger partial charge is 0.228 e. The molecule has 1 rings (SSSR count). The molecule has 1 fully saturated rings. The zero-order chi connectivity index (χ0) is 12.0. The predicted octanol–water partition coefficient (Wildman–Crippen LogP) is 2.87. The molecule has 0 aromatic heterocycles. The number of hydrogen-bond donors (Lipinski definition) is 0. The Labute approximate surface area is 96.4 Å². The largest absolute Gasteiger partial charge is 0.337 e. The van der Waals surface area contributed by atoms with E-state index in [0.717, 1.165) is 12.8 Å². The third-order valence-corrected chi connectivity index (χ3v) is 3.08. The number of amides is 1. The zero-order valence-corrected chi connectivity index (χ0v) is 10.1. The molecule has 1 aliphatic rings. The molecule has 0 bridgehead atoms. The van der Waals surface area contributed by atoms with Crippen LogP contribution < -0.4 is 0 Å². The zero-order valence-electron chi connectivity index (χ0n) is 10.1. The molecule has 0 atom stereocenters. The fourth-order valence-electron chi connectivity index (χ4n) is 2.45. The van der Waals surface area contributed by atoms with E-state index in [1.54, 1.807) is 0 Å². The van der Waals surface area contributed by atoms with Crippen molar-refractivity contribution >= 4 is 5.91 Å². The van der Waals surface area contributed by atoms with E-state index in [2.05, 4.69) is 10.0 Å². The Morgan fingerprint density at radius 2 is 2.06 bits per heavy atom. The van der Waals surface area contributed by atoms with Crippen LogP contribution in [0.15, 0.2) is 5.11 Å². The minimum atomic E-state index is -0.0504. The fraction of sp³-hybridized carbons (Fsp3) is 0.909. The molecule has 0 radical (unpaired) electrons. The molecule has 16 heavy (non-hydrogen) atoms. The lowest BCUT2D eigenvalue weighted by atomic mass is 9.93. The van der Waals surface area contributed by atoms with E-state index in [1.807, 2.05) is 18.7 Å². The summed E-state index contributed by atoms with van der Waals surface area (Å²) in [7, 11) is 0. The van der Waals surface area contributed by atoms with Crippen LogP contribution in [-0.4, -0.2) is 29.4 Å². The third-order valence-electron chi connectivity index (χ3n) is 3.08. The SMILES string of the molecule is CC(C)N(C(=O)CN=[N+]=[N-])C1CCCCC1. The lowest BCUT2D eigenvalue weighted by Crippen LogP contribution is -2.46. The first-order valence-corrected chi connectivity index (χ1v) is 5.99. The summed E-state index contributed by atoms with van der Waals surface area (Å²) in [6.45, 7) is 3.98. The Balaban J connectivity index is 2.64. The number of hydrogen-bond acceptors (Lipinski definition) is 2. The lowest BCUT2D eigenvalue weighted by molar-refractivity contribution is -0.134. The summed E-state index contributed by atoms with van der Waals surface area (Å²) in [5.41, 5.74) is 8.23. The van der Waals surface area contributed by atoms with Crippen molar-refractivity contribution in [2.45, 2.75) is 58.0 Å². The van der Waals surface area contributed by atoms with Crippen LogP contribution in [0.25, 0.3) is 10.4 Å². The first-order chi connectivity index (χ1) is 7.66. The topological polar surface area (TPSA) is 69.1 Å². The van der Waals surface area contributed by atoms with Gasteiger partial charge in [-0.2, -0.15) is 0 Å². The van der Waals surface area contributed by atoms with Gasteiger partial charge in [0, 0.05) is 17.0 Å². The van der Waals surface area contributed by atoms with Crippen molar-refractivity contribution in [3.8, 4) is 0 Å². The van der Waals surface area contributed by atoms with Gasteiger partial charge in [-0.3, -0.25) is 4.79 Å². The fourth-order valence-corrected chi connectivity index (χ4v) is 2.45. The Kier molecular flexibility index (Phi) is 5.12. The van der Waals surface area contributed by atoms with E-state index in [0.29, 0.717) is 6.04 Å². The molecule has 0 unspecified atom stereocenters. The maximum Gasteiger partial charge on any atom is 0.228 e. The molecule has 5 heteroatoms. The van der Waals surface area contributed by atoms with E-state index >= 15 is 0 Å². The first-order valence-electron chi connectivity index (χ1n) is 5.99. The highest BCUT2D eigenvalue weighted by molar-refractivity contribution is 5.79. The Morgan fingerprint density at radius 3 is 2.56 bits per heavy atom. The van der Waals surface area contributed by atoms with Crippen molar-refractivity contribution in [2.75, 3.05) is 6.54 Å². The molecule has 1 aliphatic carbocycles. The molecule has 0 aromatic rings. The van der Waals surface area contributed by atoms with Crippen molar-refractivity contribution in [1.82, 2.24) is 4.90 Å². The average molecular weight is 224 g/mol. The maximum atomic E-state index is 11.9. The van der Waals surface area contributed by atoms with E-state index in [-0.39, 0.29) is 18.5 Å². The molecule has 90 valence electrons. The van der Waals surface area contributed by atoms with Crippen molar-refractivity contribution in [2.24, 2.45) is 5.11 Å². The van der Waals surface area contributed by atoms with Crippen LogP contribution in [0, 0.1) is 0 Å². The predicted molar refractivity (Wildman–Crippen MR) is 62.9 cm³/mol. The first kappa shape index (κ1) is 12.8. The molecular weight excluding hydrogens is 204 g/mol. The van der Waals surface area contributed by atoms with E-state index in [9.17, 15) is 4.79 Å². The van der Waals surface area contributed by atoms with Crippen LogP contribution in [0.4, 0.5) is 0 Å². The number of carbonyl (C=O) groups is 1. The van der Waals surface area contributed by atoms with E-state index in [1.165, 1.54) is 19.3 Å². The highest BCUT2D eigenvalue weighted by Crippen LogP contribution is 2.24. The van der Waals surface area contributed by atoms with Crippen molar-refractivity contribution in [1.29, 1.82) is 0 Å². The molecule has 0 N–H and O–H groups in total. The van der Waals surface area contributed by atoms with Gasteiger partial charge in [-0.25, -0.2) is 0 Å². The van der Waals surface area contributed by atoms with Gasteiger partial charge >= 0.3 is 0 Å². The van der Waals surface area contributed by atoms with Gasteiger partial charge in [0.05, 0.1) is 0 Å². The summed E-state index contributed by atoms with van der Waals surface area (Å²) in [5, 5.41) is 3.36. The van der Waals surface area contributed by atoms with Crippen LogP contribution in [-0.2, 0) is 4.79 Å². The summed E-state index contributed by atoms with van der Waals surface area (Å²) in [6.07, 6.45) is 5.83. The number of carbonyl (C=O) groups excluding carboxylic acids is 1. The van der Waals surface area contributed by atoms with Gasteiger partial charge in [-0.1, -0.05) is 24.4 Å². The second-order valence-electron chi connectivity index (χ2n) is 4.58. The van der Waals surface area contributed by atoms with Crippen LogP contribution in [0.3, 0.4) is 0 Å². The van der Waals surface area contributed by atoms with Gasteiger partial charge in [0.15, 0.2) is 0 Å². The second-order valence-corrected chi connectivity index (χ2v) is 4.58. The summed E-state index contributed by atoms with van der Waals surface area (Å²) in [6, 6.07) is 0.527. The molecule has 0 spiro atoms. The van der Waals surface area contributed by atoms with Gasteiger partial charge < -0.3 is 4.90 Å². The van der Waals surface area contributed by atoms with Gasteiger partial charge in [0.2, 0.25) is 5.91 Å². The van der Waals surface area contributed by atoms with Gasteiger partial charge in [-0.15, -0.1) is 0 Å². The van der Waals surface area contributed by atoms with Crippen molar-refractivity contribution < 1.29 is 4.79 Å². The summed E-state index contributed by atoms with van der Waals surface area (Å²) in [4.78, 5) is 16.4. The second kappa shape index (κ2) is 6.38. The molecule has 1 amide bonds. The third kappa shape index (κ3) is 3.42. The monoisotopic (exact) mass is 224 g/mol. The highest BCUT2D eigenvalue weighted by atomic mass is 16.2. The summed E-state index contributed by atoms with van der Waals surface area (Å²) >= 11 is 0. The van der Waals surface area contributed by atoms with Crippen LogP contribution in [0.5, 0.6) is 0 Å². The Morgan fingerprint density at radius 1 is 1.44 bits per heavy atom. The molecule has 0 aromatic carbocycles. The Bertz CT molecular complexity index is 278. The minimum Gasteiger partial charge on any atom is -0.337 e. The molecule has 1 saturated carbocycles. The minimum absolute atomic E-state index is 0.0419. The van der Waals surface area contributed by atoms with Crippen LogP contribution >= 0.6 is 0 Å². The van der Waals surface area contributed by atoms with Crippen molar-refractivity contribution in [3.63, 3.8) is 0 Å². The standard InChI is InChI=1S/C11H20N4O/c1-9(2)15(11(16)8-13-14-12)10-6-4-3-5-7-10/h9-10H,3-8H2,1-2H3.